The van der Waals surface area contributed by atoms with Crippen molar-refractivity contribution in [3.05, 3.63) is 24.3 Å². The van der Waals surface area contributed by atoms with Crippen LogP contribution in [0.15, 0.2) is 18.5 Å². The highest BCUT2D eigenvalue weighted by atomic mass is 16.5. The summed E-state index contributed by atoms with van der Waals surface area (Å²) in [5.74, 6) is 2.11. The third-order valence-corrected chi connectivity index (χ3v) is 6.18. The van der Waals surface area contributed by atoms with Crippen molar-refractivity contribution in [2.45, 2.75) is 19.3 Å². The molecule has 2 atom stereocenters. The van der Waals surface area contributed by atoms with E-state index in [4.69, 9.17) is 4.74 Å². The number of nitrogens with zero attached hydrogens (tertiary/aromatic N) is 6. The van der Waals surface area contributed by atoms with E-state index in [0.29, 0.717) is 11.8 Å². The Balaban J connectivity index is 1.37. The Morgan fingerprint density at radius 2 is 2.00 bits per heavy atom. The van der Waals surface area contributed by atoms with Crippen LogP contribution in [0, 0.1) is 5.92 Å². The Hall–Kier alpha value is -2.03. The predicted molar refractivity (Wildman–Crippen MR) is 103 cm³/mol. The number of rotatable bonds is 5. The van der Waals surface area contributed by atoms with E-state index >= 15 is 0 Å². The Morgan fingerprint density at radius 1 is 1.15 bits per heavy atom. The molecular weight excluding hydrogens is 342 g/mol. The van der Waals surface area contributed by atoms with E-state index in [2.05, 4.69) is 47.4 Å². The van der Waals surface area contributed by atoms with Gasteiger partial charge >= 0.3 is 0 Å². The van der Waals surface area contributed by atoms with Crippen LogP contribution < -0.4 is 0 Å². The van der Waals surface area contributed by atoms with Gasteiger partial charge in [-0.25, -0.2) is 4.98 Å². The summed E-state index contributed by atoms with van der Waals surface area (Å²) in [6, 6.07) is 2.06. The number of aromatic amines is 1. The summed E-state index contributed by atoms with van der Waals surface area (Å²) in [6.45, 7) is 10.6. The first-order valence-corrected chi connectivity index (χ1v) is 10.0. The molecule has 0 unspecified atom stereocenters. The third kappa shape index (κ3) is 3.11. The molecule has 0 spiro atoms. The Morgan fingerprint density at radius 3 is 2.85 bits per heavy atom. The first-order valence-electron chi connectivity index (χ1n) is 10.0. The van der Waals surface area contributed by atoms with Crippen LogP contribution in [0.5, 0.6) is 0 Å². The zero-order valence-electron chi connectivity index (χ0n) is 15.8. The number of morpholine rings is 1. The summed E-state index contributed by atoms with van der Waals surface area (Å²) in [7, 11) is 0. The van der Waals surface area contributed by atoms with Gasteiger partial charge in [0.2, 0.25) is 0 Å². The molecule has 0 saturated carbocycles. The number of ether oxygens (including phenoxy) is 1. The second-order valence-electron chi connectivity index (χ2n) is 7.71. The van der Waals surface area contributed by atoms with Crippen molar-refractivity contribution in [3.8, 4) is 0 Å². The standard InChI is InChI=1S/C19H27N7O/c1-2-14-12-25(6-5-24-7-9-27-10-8-24)13-15(14)19-23-22-17-11-21-18-16(26(17)19)3-4-20-18/h3-4,11,14-15,20H,2,5-10,12-13H2,1H3/t14-,15+/m1/s1. The summed E-state index contributed by atoms with van der Waals surface area (Å²) < 4.78 is 7.65. The second kappa shape index (κ2) is 7.18. The first-order chi connectivity index (χ1) is 13.3. The van der Waals surface area contributed by atoms with E-state index in [0.717, 1.165) is 81.5 Å². The maximum Gasteiger partial charge on any atom is 0.179 e. The summed E-state index contributed by atoms with van der Waals surface area (Å²) in [5.41, 5.74) is 2.78. The zero-order valence-corrected chi connectivity index (χ0v) is 15.8. The molecule has 27 heavy (non-hydrogen) atoms. The molecule has 144 valence electrons. The van der Waals surface area contributed by atoms with Crippen LogP contribution in [-0.4, -0.2) is 86.8 Å². The topological polar surface area (TPSA) is 74.6 Å². The lowest BCUT2D eigenvalue weighted by molar-refractivity contribution is 0.0342. The highest BCUT2D eigenvalue weighted by Gasteiger charge is 2.36. The normalized spacial score (nSPS) is 25.1. The van der Waals surface area contributed by atoms with E-state index in [1.165, 1.54) is 0 Å². The molecule has 0 amide bonds. The van der Waals surface area contributed by atoms with E-state index < -0.39 is 0 Å². The van der Waals surface area contributed by atoms with Crippen LogP contribution in [0.2, 0.25) is 0 Å². The minimum absolute atomic E-state index is 0.412. The summed E-state index contributed by atoms with van der Waals surface area (Å²) in [5, 5.41) is 9.00. The first kappa shape index (κ1) is 17.1. The Labute approximate surface area is 158 Å². The fourth-order valence-electron chi connectivity index (χ4n) is 4.60. The fraction of sp³-hybridized carbons (Fsp3) is 0.632. The number of hydrogen-bond donors (Lipinski definition) is 1. The van der Waals surface area contributed by atoms with Gasteiger partial charge in [-0.15, -0.1) is 10.2 Å². The Kier molecular flexibility index (Phi) is 4.55. The number of aromatic nitrogens is 5. The van der Waals surface area contributed by atoms with Crippen LogP contribution >= 0.6 is 0 Å². The van der Waals surface area contributed by atoms with Gasteiger partial charge < -0.3 is 14.6 Å². The van der Waals surface area contributed by atoms with Crippen LogP contribution in [0.3, 0.4) is 0 Å². The van der Waals surface area contributed by atoms with Crippen LogP contribution in [0.25, 0.3) is 16.8 Å². The zero-order chi connectivity index (χ0) is 18.2. The van der Waals surface area contributed by atoms with Gasteiger partial charge in [0.25, 0.3) is 0 Å². The number of hydrogen-bond acceptors (Lipinski definition) is 6. The fourth-order valence-corrected chi connectivity index (χ4v) is 4.60. The quantitative estimate of drug-likeness (QED) is 0.732. The SMILES string of the molecule is CC[C@@H]1CN(CCN2CCOCC2)C[C@@H]1c1nnc2cnc3[nH]ccc3n12. The molecule has 2 aliphatic heterocycles. The monoisotopic (exact) mass is 369 g/mol. The third-order valence-electron chi connectivity index (χ3n) is 6.18. The summed E-state index contributed by atoms with van der Waals surface area (Å²) in [4.78, 5) is 12.8. The Bertz CT molecular complexity index is 913. The minimum atomic E-state index is 0.412. The molecule has 0 radical (unpaired) electrons. The highest BCUT2D eigenvalue weighted by molar-refractivity contribution is 5.74. The molecule has 2 fully saturated rings. The van der Waals surface area contributed by atoms with Gasteiger partial charge in [0.05, 0.1) is 24.9 Å². The van der Waals surface area contributed by atoms with Crippen molar-refractivity contribution < 1.29 is 4.74 Å². The maximum absolute atomic E-state index is 5.46. The molecule has 3 aromatic rings. The van der Waals surface area contributed by atoms with Crippen molar-refractivity contribution in [2.75, 3.05) is 52.5 Å². The summed E-state index contributed by atoms with van der Waals surface area (Å²) in [6.07, 6.45) is 4.90. The highest BCUT2D eigenvalue weighted by Crippen LogP contribution is 2.34. The predicted octanol–water partition coefficient (Wildman–Crippen LogP) is 1.36. The molecule has 0 aliphatic carbocycles. The van der Waals surface area contributed by atoms with Gasteiger partial charge in [-0.1, -0.05) is 13.3 Å². The maximum atomic E-state index is 5.46. The molecule has 8 heteroatoms. The molecule has 5 heterocycles. The number of H-pyrrole nitrogens is 1. The molecule has 2 aliphatic rings. The molecule has 0 aromatic carbocycles. The summed E-state index contributed by atoms with van der Waals surface area (Å²) >= 11 is 0. The van der Waals surface area contributed by atoms with Gasteiger partial charge in [0.1, 0.15) is 5.82 Å². The molecule has 8 nitrogen and oxygen atoms in total. The van der Waals surface area contributed by atoms with E-state index in [1.54, 1.807) is 6.20 Å². The van der Waals surface area contributed by atoms with Crippen molar-refractivity contribution in [3.63, 3.8) is 0 Å². The average Bonchev–Trinajstić information content (AvgIpc) is 3.43. The average molecular weight is 369 g/mol. The molecule has 2 saturated heterocycles. The van der Waals surface area contributed by atoms with Crippen molar-refractivity contribution in [1.82, 2.24) is 34.4 Å². The molecule has 1 N–H and O–H groups in total. The number of nitrogens with one attached hydrogen (secondary N) is 1. The van der Waals surface area contributed by atoms with Gasteiger partial charge in [-0.05, 0) is 12.0 Å². The van der Waals surface area contributed by atoms with Gasteiger partial charge in [-0.2, -0.15) is 0 Å². The smallest absolute Gasteiger partial charge is 0.179 e. The second-order valence-corrected chi connectivity index (χ2v) is 7.71. The van der Waals surface area contributed by atoms with Gasteiger partial charge in [-0.3, -0.25) is 9.30 Å². The largest absolute Gasteiger partial charge is 0.379 e. The lowest BCUT2D eigenvalue weighted by Gasteiger charge is -2.28. The molecular formula is C19H27N7O. The number of fused-ring (bicyclic) bond motifs is 3. The lowest BCUT2D eigenvalue weighted by Crippen LogP contribution is -2.41. The molecule has 3 aromatic heterocycles. The molecule has 5 rings (SSSR count). The van der Waals surface area contributed by atoms with Gasteiger partial charge in [0.15, 0.2) is 11.3 Å². The lowest BCUT2D eigenvalue weighted by atomic mass is 9.93. The van der Waals surface area contributed by atoms with Crippen molar-refractivity contribution >= 4 is 16.8 Å². The van der Waals surface area contributed by atoms with Crippen LogP contribution in [0.4, 0.5) is 0 Å². The molecule has 0 bridgehead atoms. The van der Waals surface area contributed by atoms with Crippen LogP contribution in [-0.2, 0) is 4.74 Å². The van der Waals surface area contributed by atoms with E-state index in [-0.39, 0.29) is 0 Å². The van der Waals surface area contributed by atoms with Crippen LogP contribution in [0.1, 0.15) is 25.1 Å². The minimum Gasteiger partial charge on any atom is -0.379 e. The van der Waals surface area contributed by atoms with Crippen molar-refractivity contribution in [1.29, 1.82) is 0 Å². The van der Waals surface area contributed by atoms with Crippen molar-refractivity contribution in [2.24, 2.45) is 5.92 Å². The number of likely N-dealkylation sites (tertiary alicyclic amines) is 1. The van der Waals surface area contributed by atoms with E-state index in [9.17, 15) is 0 Å². The van der Waals surface area contributed by atoms with E-state index in [1.807, 2.05) is 6.20 Å². The van der Waals surface area contributed by atoms with Gasteiger partial charge in [0, 0.05) is 51.4 Å².